The van der Waals surface area contributed by atoms with Crippen molar-refractivity contribution in [3.05, 3.63) is 11.7 Å². The molecular weight excluding hydrogens is 214 g/mol. The molecule has 0 radical (unpaired) electrons. The second kappa shape index (κ2) is 6.15. The van der Waals surface area contributed by atoms with E-state index in [4.69, 9.17) is 10.3 Å². The van der Waals surface area contributed by atoms with E-state index in [2.05, 4.69) is 10.1 Å². The molecule has 1 aromatic rings. The summed E-state index contributed by atoms with van der Waals surface area (Å²) >= 11 is 0. The standard InChI is InChI=1S/C13H23N3O/c1-10(14)9-12-15-13(17-16-12)11-7-5-3-2-4-6-8-11/h10-11H,2-9,14H2,1H3. The molecule has 0 saturated heterocycles. The van der Waals surface area contributed by atoms with Crippen LogP contribution in [0.25, 0.3) is 0 Å². The smallest absolute Gasteiger partial charge is 0.229 e. The van der Waals surface area contributed by atoms with Crippen LogP contribution in [0.15, 0.2) is 4.52 Å². The summed E-state index contributed by atoms with van der Waals surface area (Å²) in [6.07, 6.45) is 9.74. The molecule has 1 atom stereocenters. The van der Waals surface area contributed by atoms with Crippen molar-refractivity contribution in [3.63, 3.8) is 0 Å². The average Bonchev–Trinajstić information content (AvgIpc) is 2.64. The van der Waals surface area contributed by atoms with Gasteiger partial charge in [0.15, 0.2) is 5.82 Å². The molecule has 4 heteroatoms. The van der Waals surface area contributed by atoms with Crippen LogP contribution in [0.4, 0.5) is 0 Å². The number of nitrogens with zero attached hydrogens (tertiary/aromatic N) is 2. The van der Waals surface area contributed by atoms with Gasteiger partial charge in [-0.1, -0.05) is 37.3 Å². The zero-order valence-electron chi connectivity index (χ0n) is 10.7. The molecule has 1 heterocycles. The molecular formula is C13H23N3O. The number of nitrogens with two attached hydrogens (primary N) is 1. The van der Waals surface area contributed by atoms with Crippen LogP contribution >= 0.6 is 0 Å². The molecule has 2 rings (SSSR count). The minimum atomic E-state index is 0.0952. The lowest BCUT2D eigenvalue weighted by Crippen LogP contribution is -2.18. The second-order valence-corrected chi connectivity index (χ2v) is 5.27. The SMILES string of the molecule is CC(N)Cc1noc(C2CCCCCCC2)n1. The lowest BCUT2D eigenvalue weighted by atomic mass is 9.91. The number of rotatable bonds is 3. The number of hydrogen-bond acceptors (Lipinski definition) is 4. The van der Waals surface area contributed by atoms with Gasteiger partial charge in [0.2, 0.25) is 5.89 Å². The van der Waals surface area contributed by atoms with Crippen molar-refractivity contribution < 1.29 is 4.52 Å². The van der Waals surface area contributed by atoms with E-state index in [1.807, 2.05) is 6.92 Å². The van der Waals surface area contributed by atoms with Crippen molar-refractivity contribution >= 4 is 0 Å². The molecule has 17 heavy (non-hydrogen) atoms. The Morgan fingerprint density at radius 3 is 2.53 bits per heavy atom. The van der Waals surface area contributed by atoms with E-state index < -0.39 is 0 Å². The van der Waals surface area contributed by atoms with Gasteiger partial charge in [-0.05, 0) is 19.8 Å². The number of aromatic nitrogens is 2. The highest BCUT2D eigenvalue weighted by molar-refractivity contribution is 4.95. The Kier molecular flexibility index (Phi) is 4.54. The topological polar surface area (TPSA) is 64.9 Å². The van der Waals surface area contributed by atoms with Crippen LogP contribution in [0.2, 0.25) is 0 Å². The molecule has 96 valence electrons. The van der Waals surface area contributed by atoms with Crippen LogP contribution in [-0.2, 0) is 6.42 Å². The summed E-state index contributed by atoms with van der Waals surface area (Å²) < 4.78 is 5.38. The van der Waals surface area contributed by atoms with E-state index in [1.54, 1.807) is 0 Å². The molecule has 4 nitrogen and oxygen atoms in total. The van der Waals surface area contributed by atoms with Gasteiger partial charge in [-0.25, -0.2) is 0 Å². The Morgan fingerprint density at radius 2 is 1.88 bits per heavy atom. The minimum Gasteiger partial charge on any atom is -0.339 e. The van der Waals surface area contributed by atoms with E-state index in [0.717, 1.165) is 11.7 Å². The summed E-state index contributed by atoms with van der Waals surface area (Å²) in [6, 6.07) is 0.0952. The molecule has 0 aliphatic heterocycles. The third-order valence-electron chi connectivity index (χ3n) is 3.44. The first-order valence-corrected chi connectivity index (χ1v) is 6.84. The quantitative estimate of drug-likeness (QED) is 0.878. The van der Waals surface area contributed by atoms with Crippen LogP contribution in [-0.4, -0.2) is 16.2 Å². The maximum atomic E-state index is 5.74. The lowest BCUT2D eigenvalue weighted by Gasteiger charge is -2.15. The first kappa shape index (κ1) is 12.6. The normalized spacial score (nSPS) is 20.8. The second-order valence-electron chi connectivity index (χ2n) is 5.27. The van der Waals surface area contributed by atoms with Crippen molar-refractivity contribution in [2.45, 2.75) is 70.3 Å². The third-order valence-corrected chi connectivity index (χ3v) is 3.44. The first-order chi connectivity index (χ1) is 8.25. The molecule has 1 fully saturated rings. The van der Waals surface area contributed by atoms with Gasteiger partial charge in [-0.15, -0.1) is 0 Å². The zero-order chi connectivity index (χ0) is 12.1. The highest BCUT2D eigenvalue weighted by atomic mass is 16.5. The molecule has 1 aromatic heterocycles. The van der Waals surface area contributed by atoms with Gasteiger partial charge in [0.05, 0.1) is 0 Å². The molecule has 2 N–H and O–H groups in total. The van der Waals surface area contributed by atoms with Crippen molar-refractivity contribution in [1.82, 2.24) is 10.1 Å². The largest absolute Gasteiger partial charge is 0.339 e. The monoisotopic (exact) mass is 237 g/mol. The fourth-order valence-corrected chi connectivity index (χ4v) is 2.51. The van der Waals surface area contributed by atoms with Crippen molar-refractivity contribution in [1.29, 1.82) is 0 Å². The van der Waals surface area contributed by atoms with Gasteiger partial charge < -0.3 is 10.3 Å². The maximum absolute atomic E-state index is 5.74. The Bertz CT molecular complexity index is 327. The molecule has 1 aliphatic carbocycles. The van der Waals surface area contributed by atoms with Gasteiger partial charge in [0, 0.05) is 18.4 Å². The van der Waals surface area contributed by atoms with E-state index >= 15 is 0 Å². The van der Waals surface area contributed by atoms with Gasteiger partial charge in [0.25, 0.3) is 0 Å². The van der Waals surface area contributed by atoms with E-state index in [-0.39, 0.29) is 6.04 Å². The summed E-state index contributed by atoms with van der Waals surface area (Å²) in [6.45, 7) is 1.96. The molecule has 1 aliphatic rings. The maximum Gasteiger partial charge on any atom is 0.229 e. The van der Waals surface area contributed by atoms with E-state index in [1.165, 1.54) is 44.9 Å². The van der Waals surface area contributed by atoms with Crippen LogP contribution in [0.5, 0.6) is 0 Å². The summed E-state index contributed by atoms with van der Waals surface area (Å²) in [5.74, 6) is 2.07. The zero-order valence-corrected chi connectivity index (χ0v) is 10.7. The van der Waals surface area contributed by atoms with E-state index in [9.17, 15) is 0 Å². The molecule has 0 aromatic carbocycles. The van der Waals surface area contributed by atoms with E-state index in [0.29, 0.717) is 12.3 Å². The molecule has 0 bridgehead atoms. The number of hydrogen-bond donors (Lipinski definition) is 1. The minimum absolute atomic E-state index is 0.0952. The Hall–Kier alpha value is -0.900. The van der Waals surface area contributed by atoms with Crippen molar-refractivity contribution in [3.8, 4) is 0 Å². The molecule has 1 unspecified atom stereocenters. The molecule has 0 spiro atoms. The third kappa shape index (κ3) is 3.80. The molecule has 0 amide bonds. The van der Waals surface area contributed by atoms with Crippen LogP contribution in [0.1, 0.15) is 69.5 Å². The first-order valence-electron chi connectivity index (χ1n) is 6.84. The van der Waals surface area contributed by atoms with Gasteiger partial charge in [0.1, 0.15) is 0 Å². The van der Waals surface area contributed by atoms with Gasteiger partial charge >= 0.3 is 0 Å². The average molecular weight is 237 g/mol. The summed E-state index contributed by atoms with van der Waals surface area (Å²) in [5, 5.41) is 4.02. The Labute approximate surface area is 103 Å². The van der Waals surface area contributed by atoms with Crippen LogP contribution in [0.3, 0.4) is 0 Å². The fourth-order valence-electron chi connectivity index (χ4n) is 2.51. The fraction of sp³-hybridized carbons (Fsp3) is 0.846. The molecule has 1 saturated carbocycles. The predicted molar refractivity (Wildman–Crippen MR) is 66.7 cm³/mol. The lowest BCUT2D eigenvalue weighted by molar-refractivity contribution is 0.320. The van der Waals surface area contributed by atoms with Gasteiger partial charge in [-0.3, -0.25) is 0 Å². The summed E-state index contributed by atoms with van der Waals surface area (Å²) in [4.78, 5) is 4.49. The highest BCUT2D eigenvalue weighted by Crippen LogP contribution is 2.29. The van der Waals surface area contributed by atoms with Crippen molar-refractivity contribution in [2.75, 3.05) is 0 Å². The van der Waals surface area contributed by atoms with Crippen LogP contribution in [0, 0.1) is 0 Å². The summed E-state index contributed by atoms with van der Waals surface area (Å²) in [7, 11) is 0. The van der Waals surface area contributed by atoms with Crippen LogP contribution < -0.4 is 5.73 Å². The highest BCUT2D eigenvalue weighted by Gasteiger charge is 2.20. The Morgan fingerprint density at radius 1 is 1.24 bits per heavy atom. The predicted octanol–water partition coefficient (Wildman–Crippen LogP) is 2.79. The van der Waals surface area contributed by atoms with Crippen molar-refractivity contribution in [2.24, 2.45) is 5.73 Å². The Balaban J connectivity index is 1.97. The summed E-state index contributed by atoms with van der Waals surface area (Å²) in [5.41, 5.74) is 5.74. The van der Waals surface area contributed by atoms with Gasteiger partial charge in [-0.2, -0.15) is 4.98 Å².